The molecule has 168 valence electrons. The normalized spacial score (nSPS) is 13.8. The predicted octanol–water partition coefficient (Wildman–Crippen LogP) is 4.27. The van der Waals surface area contributed by atoms with Gasteiger partial charge in [0.1, 0.15) is 5.70 Å². The average molecular weight is 460 g/mol. The third-order valence-corrected chi connectivity index (χ3v) is 6.20. The van der Waals surface area contributed by atoms with E-state index in [1.165, 1.54) is 11.3 Å². The van der Waals surface area contributed by atoms with E-state index in [0.717, 1.165) is 28.1 Å². The number of aryl methyl sites for hydroxylation is 1. The van der Waals surface area contributed by atoms with Crippen LogP contribution in [0.4, 0.5) is 5.69 Å². The zero-order valence-corrected chi connectivity index (χ0v) is 19.2. The van der Waals surface area contributed by atoms with E-state index in [-0.39, 0.29) is 30.0 Å². The highest BCUT2D eigenvalue weighted by Gasteiger charge is 2.22. The quantitative estimate of drug-likeness (QED) is 0.518. The average Bonchev–Trinajstić information content (AvgIpc) is 3.49. The molecule has 1 aromatic heterocycles. The van der Waals surface area contributed by atoms with E-state index in [4.69, 9.17) is 0 Å². The molecule has 1 aliphatic rings. The topological polar surface area (TPSA) is 78.5 Å². The summed E-state index contributed by atoms with van der Waals surface area (Å²) in [6.45, 7) is 2.94. The molecule has 6 nitrogen and oxygen atoms in total. The summed E-state index contributed by atoms with van der Waals surface area (Å²) in [5.41, 5.74) is 3.42. The molecule has 4 rings (SSSR count). The Kier molecular flexibility index (Phi) is 7.00. The van der Waals surface area contributed by atoms with Gasteiger partial charge in [0.05, 0.1) is 0 Å². The van der Waals surface area contributed by atoms with Gasteiger partial charge in [-0.05, 0) is 60.7 Å². The van der Waals surface area contributed by atoms with E-state index in [1.54, 1.807) is 23.1 Å². The van der Waals surface area contributed by atoms with Gasteiger partial charge < -0.3 is 15.5 Å². The zero-order chi connectivity index (χ0) is 23.2. The van der Waals surface area contributed by atoms with E-state index >= 15 is 0 Å². The van der Waals surface area contributed by atoms with Gasteiger partial charge in [0.15, 0.2) is 0 Å². The molecule has 0 bridgehead atoms. The molecule has 33 heavy (non-hydrogen) atoms. The Hall–Kier alpha value is -3.71. The Balaban J connectivity index is 1.47. The molecule has 1 saturated heterocycles. The molecule has 3 aromatic rings. The highest BCUT2D eigenvalue weighted by molar-refractivity contribution is 7.10. The van der Waals surface area contributed by atoms with Crippen LogP contribution in [-0.4, -0.2) is 24.3 Å². The van der Waals surface area contributed by atoms with Crippen LogP contribution in [0.1, 0.15) is 39.2 Å². The summed E-state index contributed by atoms with van der Waals surface area (Å²) < 4.78 is 0. The number of carbonyl (C=O) groups is 3. The van der Waals surface area contributed by atoms with Gasteiger partial charge in [0.25, 0.3) is 11.8 Å². The molecule has 1 fully saturated rings. The summed E-state index contributed by atoms with van der Waals surface area (Å²) in [6.07, 6.45) is 3.10. The highest BCUT2D eigenvalue weighted by Crippen LogP contribution is 2.22. The third kappa shape index (κ3) is 5.75. The number of benzene rings is 2. The molecule has 0 saturated carbocycles. The first-order valence-electron chi connectivity index (χ1n) is 10.8. The van der Waals surface area contributed by atoms with Crippen LogP contribution in [0.3, 0.4) is 0 Å². The largest absolute Gasteiger partial charge is 0.347 e. The van der Waals surface area contributed by atoms with Crippen molar-refractivity contribution in [2.24, 2.45) is 0 Å². The molecule has 2 aromatic carbocycles. The predicted molar refractivity (Wildman–Crippen MR) is 131 cm³/mol. The summed E-state index contributed by atoms with van der Waals surface area (Å²) in [6, 6.07) is 18.5. The van der Waals surface area contributed by atoms with Gasteiger partial charge in [-0.1, -0.05) is 35.9 Å². The smallest absolute Gasteiger partial charge is 0.268 e. The van der Waals surface area contributed by atoms with Gasteiger partial charge in [-0.25, -0.2) is 0 Å². The van der Waals surface area contributed by atoms with Crippen LogP contribution in [0.2, 0.25) is 0 Å². The number of carbonyl (C=O) groups excluding carboxylic acids is 3. The molecule has 2 heterocycles. The van der Waals surface area contributed by atoms with E-state index in [1.807, 2.05) is 60.8 Å². The number of amides is 3. The first-order valence-corrected chi connectivity index (χ1v) is 11.7. The molecule has 0 atom stereocenters. The zero-order valence-electron chi connectivity index (χ0n) is 18.3. The van der Waals surface area contributed by atoms with Crippen molar-refractivity contribution >= 4 is 40.8 Å². The number of hydrogen-bond donors (Lipinski definition) is 2. The molecule has 7 heteroatoms. The standard InChI is InChI=1S/C26H25N3O3S/c1-18-9-11-20(12-10-18)25(31)28-23(16-22-7-4-14-33-22)26(32)27-17-19-5-2-6-21(15-19)29-13-3-8-24(29)30/h2,4-7,9-12,14-16H,3,8,13,17H2,1H3,(H,27,32)(H,28,31)/b23-16-. The second-order valence-corrected chi connectivity index (χ2v) is 8.87. The van der Waals surface area contributed by atoms with Crippen LogP contribution < -0.4 is 15.5 Å². The summed E-state index contributed by atoms with van der Waals surface area (Å²) >= 11 is 1.48. The lowest BCUT2D eigenvalue weighted by molar-refractivity contribution is -0.118. The van der Waals surface area contributed by atoms with E-state index in [9.17, 15) is 14.4 Å². The van der Waals surface area contributed by atoms with Crippen LogP contribution in [0.25, 0.3) is 6.08 Å². The van der Waals surface area contributed by atoms with Crippen molar-refractivity contribution < 1.29 is 14.4 Å². The van der Waals surface area contributed by atoms with E-state index in [2.05, 4.69) is 10.6 Å². The van der Waals surface area contributed by atoms with Gasteiger partial charge in [0.2, 0.25) is 5.91 Å². The summed E-state index contributed by atoms with van der Waals surface area (Å²) in [4.78, 5) is 40.4. The van der Waals surface area contributed by atoms with Crippen molar-refractivity contribution in [3.8, 4) is 0 Å². The molecule has 0 spiro atoms. The van der Waals surface area contributed by atoms with Crippen molar-refractivity contribution in [3.05, 3.63) is 93.3 Å². The van der Waals surface area contributed by atoms with Gasteiger partial charge >= 0.3 is 0 Å². The maximum Gasteiger partial charge on any atom is 0.268 e. The Labute approximate surface area is 196 Å². The van der Waals surface area contributed by atoms with E-state index < -0.39 is 0 Å². The fourth-order valence-corrected chi connectivity index (χ4v) is 4.26. The van der Waals surface area contributed by atoms with Crippen LogP contribution in [-0.2, 0) is 16.1 Å². The number of hydrogen-bond acceptors (Lipinski definition) is 4. The van der Waals surface area contributed by atoms with Gasteiger partial charge in [-0.3, -0.25) is 14.4 Å². The van der Waals surface area contributed by atoms with Crippen molar-refractivity contribution in [2.45, 2.75) is 26.3 Å². The van der Waals surface area contributed by atoms with Crippen molar-refractivity contribution in [2.75, 3.05) is 11.4 Å². The van der Waals surface area contributed by atoms with Crippen molar-refractivity contribution in [1.29, 1.82) is 0 Å². The van der Waals surface area contributed by atoms with Crippen LogP contribution >= 0.6 is 11.3 Å². The van der Waals surface area contributed by atoms with Gasteiger partial charge in [0, 0.05) is 35.6 Å². The minimum absolute atomic E-state index is 0.121. The highest BCUT2D eigenvalue weighted by atomic mass is 32.1. The second kappa shape index (κ2) is 10.3. The molecule has 0 unspecified atom stereocenters. The SMILES string of the molecule is Cc1ccc(C(=O)N/C(=C\c2cccs2)C(=O)NCc2cccc(N3CCCC3=O)c2)cc1. The van der Waals surface area contributed by atoms with Gasteiger partial charge in [-0.2, -0.15) is 0 Å². The summed E-state index contributed by atoms with van der Waals surface area (Å²) in [7, 11) is 0. The van der Waals surface area contributed by atoms with Gasteiger partial charge in [-0.15, -0.1) is 11.3 Å². The Morgan fingerprint density at radius 1 is 1.09 bits per heavy atom. The summed E-state index contributed by atoms with van der Waals surface area (Å²) in [5.74, 6) is -0.606. The molecule has 0 radical (unpaired) electrons. The maximum absolute atomic E-state index is 13.0. The van der Waals surface area contributed by atoms with Crippen LogP contribution in [0, 0.1) is 6.92 Å². The number of nitrogens with zero attached hydrogens (tertiary/aromatic N) is 1. The fourth-order valence-electron chi connectivity index (χ4n) is 3.61. The number of anilines is 1. The van der Waals surface area contributed by atoms with Crippen LogP contribution in [0.15, 0.2) is 71.7 Å². The molecule has 2 N–H and O–H groups in total. The van der Waals surface area contributed by atoms with E-state index in [0.29, 0.717) is 18.5 Å². The molecular formula is C26H25N3O3S. The fraction of sp³-hybridized carbons (Fsp3) is 0.192. The third-order valence-electron chi connectivity index (χ3n) is 5.39. The molecule has 0 aliphatic carbocycles. The molecular weight excluding hydrogens is 434 g/mol. The Morgan fingerprint density at radius 3 is 2.61 bits per heavy atom. The Bertz CT molecular complexity index is 1180. The lowest BCUT2D eigenvalue weighted by atomic mass is 10.1. The minimum atomic E-state index is -0.383. The first-order chi connectivity index (χ1) is 16.0. The first kappa shape index (κ1) is 22.5. The number of nitrogens with one attached hydrogen (secondary N) is 2. The Morgan fingerprint density at radius 2 is 1.91 bits per heavy atom. The lowest BCUT2D eigenvalue weighted by Gasteiger charge is -2.17. The maximum atomic E-state index is 13.0. The van der Waals surface area contributed by atoms with Crippen LogP contribution in [0.5, 0.6) is 0 Å². The van der Waals surface area contributed by atoms with Crippen molar-refractivity contribution in [3.63, 3.8) is 0 Å². The molecule has 1 aliphatic heterocycles. The van der Waals surface area contributed by atoms with Crippen molar-refractivity contribution in [1.82, 2.24) is 10.6 Å². The number of thiophene rings is 1. The minimum Gasteiger partial charge on any atom is -0.347 e. The molecule has 3 amide bonds. The monoisotopic (exact) mass is 459 g/mol. The lowest BCUT2D eigenvalue weighted by Crippen LogP contribution is -2.34. The number of rotatable bonds is 7. The summed E-state index contributed by atoms with van der Waals surface area (Å²) in [5, 5.41) is 7.55. The second-order valence-electron chi connectivity index (χ2n) is 7.90.